The third-order valence-corrected chi connectivity index (χ3v) is 3.17. The van der Waals surface area contributed by atoms with Gasteiger partial charge in [0.25, 0.3) is 0 Å². The molecule has 0 aromatic carbocycles. The van der Waals surface area contributed by atoms with Crippen molar-refractivity contribution in [1.29, 1.82) is 0 Å². The molecule has 0 aromatic heterocycles. The summed E-state index contributed by atoms with van der Waals surface area (Å²) in [6, 6.07) is 0. The van der Waals surface area contributed by atoms with Crippen molar-refractivity contribution in [1.82, 2.24) is 0 Å². The molecule has 0 aromatic rings. The number of rotatable bonds is 7. The standard InChI is InChI=1S/C10H24S/c1-4-5-6-7-8-9-10-11(2)3/h11H,4-10H2,1-3H3. The van der Waals surface area contributed by atoms with Crippen molar-refractivity contribution in [2.45, 2.75) is 45.4 Å². The van der Waals surface area contributed by atoms with Crippen LogP contribution in [0.1, 0.15) is 45.4 Å². The van der Waals surface area contributed by atoms with Crippen LogP contribution in [0.2, 0.25) is 0 Å². The van der Waals surface area contributed by atoms with Crippen LogP contribution >= 0.6 is 10.9 Å². The quantitative estimate of drug-likeness (QED) is 0.444. The van der Waals surface area contributed by atoms with Crippen molar-refractivity contribution in [2.75, 3.05) is 18.3 Å². The second-order valence-corrected chi connectivity index (χ2v) is 6.18. The molecule has 0 nitrogen and oxygen atoms in total. The lowest BCUT2D eigenvalue weighted by Crippen LogP contribution is -1.85. The lowest BCUT2D eigenvalue weighted by molar-refractivity contribution is 0.627. The van der Waals surface area contributed by atoms with E-state index in [4.69, 9.17) is 0 Å². The first-order valence-corrected chi connectivity index (χ1v) is 7.34. The van der Waals surface area contributed by atoms with E-state index in [2.05, 4.69) is 19.4 Å². The minimum atomic E-state index is 0.375. The Balaban J connectivity index is 2.80. The van der Waals surface area contributed by atoms with Gasteiger partial charge in [-0.1, -0.05) is 39.0 Å². The van der Waals surface area contributed by atoms with Crippen molar-refractivity contribution in [3.8, 4) is 0 Å². The molecular weight excluding hydrogens is 152 g/mol. The van der Waals surface area contributed by atoms with E-state index in [1.165, 1.54) is 44.3 Å². The van der Waals surface area contributed by atoms with Crippen LogP contribution in [0.3, 0.4) is 0 Å². The third-order valence-electron chi connectivity index (χ3n) is 1.96. The van der Waals surface area contributed by atoms with Gasteiger partial charge >= 0.3 is 0 Å². The van der Waals surface area contributed by atoms with Crippen LogP contribution in [-0.2, 0) is 0 Å². The summed E-state index contributed by atoms with van der Waals surface area (Å²) >= 11 is 0. The minimum absolute atomic E-state index is 0.375. The largest absolute Gasteiger partial charge is 0.259 e. The number of thiol groups is 1. The summed E-state index contributed by atoms with van der Waals surface area (Å²) in [6.45, 7) is 2.28. The summed E-state index contributed by atoms with van der Waals surface area (Å²) in [7, 11) is 0.375. The zero-order chi connectivity index (χ0) is 8.53. The van der Waals surface area contributed by atoms with Gasteiger partial charge < -0.3 is 0 Å². The van der Waals surface area contributed by atoms with Crippen LogP contribution in [0.4, 0.5) is 0 Å². The Labute approximate surface area is 75.1 Å². The highest BCUT2D eigenvalue weighted by Gasteiger charge is 1.90. The van der Waals surface area contributed by atoms with Gasteiger partial charge in [-0.15, -0.1) is 0 Å². The lowest BCUT2D eigenvalue weighted by atomic mass is 10.1. The fourth-order valence-corrected chi connectivity index (χ4v) is 2.06. The van der Waals surface area contributed by atoms with Crippen molar-refractivity contribution >= 4 is 10.9 Å². The molecule has 0 N–H and O–H groups in total. The summed E-state index contributed by atoms with van der Waals surface area (Å²) in [6.07, 6.45) is 13.4. The Morgan fingerprint density at radius 3 is 1.91 bits per heavy atom. The Morgan fingerprint density at radius 2 is 1.36 bits per heavy atom. The molecule has 70 valence electrons. The maximum Gasteiger partial charge on any atom is -0.0258 e. The van der Waals surface area contributed by atoms with E-state index in [0.29, 0.717) is 10.9 Å². The number of unbranched alkanes of at least 4 members (excludes halogenated alkanes) is 5. The SMILES string of the molecule is CCCCCCCC[SH](C)C. The molecule has 11 heavy (non-hydrogen) atoms. The van der Waals surface area contributed by atoms with Crippen LogP contribution in [0, 0.1) is 0 Å². The average molecular weight is 176 g/mol. The van der Waals surface area contributed by atoms with E-state index in [0.717, 1.165) is 0 Å². The first-order chi connectivity index (χ1) is 5.27. The maximum atomic E-state index is 2.38. The van der Waals surface area contributed by atoms with Gasteiger partial charge in [-0.05, 0) is 24.7 Å². The summed E-state index contributed by atoms with van der Waals surface area (Å²) in [5.41, 5.74) is 0. The second-order valence-electron chi connectivity index (χ2n) is 3.57. The smallest absolute Gasteiger partial charge is 0.0258 e. The topological polar surface area (TPSA) is 0 Å². The van der Waals surface area contributed by atoms with Crippen LogP contribution in [0.25, 0.3) is 0 Å². The molecule has 0 unspecified atom stereocenters. The van der Waals surface area contributed by atoms with E-state index in [1.807, 2.05) is 0 Å². The molecule has 0 fully saturated rings. The first kappa shape index (κ1) is 11.4. The molecule has 0 radical (unpaired) electrons. The predicted molar refractivity (Wildman–Crippen MR) is 59.1 cm³/mol. The molecule has 0 aliphatic rings. The molecule has 0 amide bonds. The van der Waals surface area contributed by atoms with Gasteiger partial charge in [0.05, 0.1) is 0 Å². The highest BCUT2D eigenvalue weighted by molar-refractivity contribution is 8.15. The van der Waals surface area contributed by atoms with Gasteiger partial charge in [0, 0.05) is 0 Å². The van der Waals surface area contributed by atoms with Gasteiger partial charge in [-0.2, -0.15) is 0 Å². The Hall–Kier alpha value is 0.350. The van der Waals surface area contributed by atoms with Crippen LogP contribution in [-0.4, -0.2) is 18.3 Å². The van der Waals surface area contributed by atoms with Crippen LogP contribution in [0.5, 0.6) is 0 Å². The van der Waals surface area contributed by atoms with E-state index >= 15 is 0 Å². The molecule has 1 heteroatoms. The minimum Gasteiger partial charge on any atom is -0.259 e. The highest BCUT2D eigenvalue weighted by Crippen LogP contribution is 2.16. The monoisotopic (exact) mass is 176 g/mol. The van der Waals surface area contributed by atoms with Gasteiger partial charge in [0.1, 0.15) is 0 Å². The fourth-order valence-electron chi connectivity index (χ4n) is 1.21. The van der Waals surface area contributed by atoms with Crippen molar-refractivity contribution in [3.05, 3.63) is 0 Å². The van der Waals surface area contributed by atoms with E-state index < -0.39 is 0 Å². The van der Waals surface area contributed by atoms with Crippen molar-refractivity contribution in [2.24, 2.45) is 0 Å². The van der Waals surface area contributed by atoms with E-state index in [9.17, 15) is 0 Å². The van der Waals surface area contributed by atoms with E-state index in [1.54, 1.807) is 0 Å². The predicted octanol–water partition coefficient (Wildman–Crippen LogP) is 3.61. The molecule has 0 bridgehead atoms. The molecule has 0 saturated heterocycles. The normalized spacial score (nSPS) is 11.7. The van der Waals surface area contributed by atoms with Crippen molar-refractivity contribution < 1.29 is 0 Å². The maximum absolute atomic E-state index is 2.38. The molecule has 0 spiro atoms. The summed E-state index contributed by atoms with van der Waals surface area (Å²) in [5, 5.41) is 0. The highest BCUT2D eigenvalue weighted by atomic mass is 32.2. The summed E-state index contributed by atoms with van der Waals surface area (Å²) in [4.78, 5) is 0. The third kappa shape index (κ3) is 10.4. The van der Waals surface area contributed by atoms with Crippen LogP contribution < -0.4 is 0 Å². The Bertz CT molecular complexity index is 69.3. The average Bonchev–Trinajstić information content (AvgIpc) is 1.96. The Morgan fingerprint density at radius 1 is 0.818 bits per heavy atom. The molecular formula is C10H24S. The number of hydrogen-bond donors (Lipinski definition) is 1. The molecule has 0 heterocycles. The van der Waals surface area contributed by atoms with Gasteiger partial charge in [0.2, 0.25) is 0 Å². The van der Waals surface area contributed by atoms with Gasteiger partial charge in [-0.25, -0.2) is 0 Å². The molecule has 0 aliphatic carbocycles. The molecule has 0 aliphatic heterocycles. The van der Waals surface area contributed by atoms with Crippen molar-refractivity contribution in [3.63, 3.8) is 0 Å². The number of hydrogen-bond acceptors (Lipinski definition) is 0. The van der Waals surface area contributed by atoms with E-state index in [-0.39, 0.29) is 0 Å². The van der Waals surface area contributed by atoms with Gasteiger partial charge in [0.15, 0.2) is 0 Å². The Kier molecular flexibility index (Phi) is 8.72. The first-order valence-electron chi connectivity index (χ1n) is 4.92. The molecule has 0 rings (SSSR count). The van der Waals surface area contributed by atoms with Gasteiger partial charge in [-0.3, -0.25) is 10.9 Å². The lowest BCUT2D eigenvalue weighted by Gasteiger charge is -2.07. The zero-order valence-electron chi connectivity index (χ0n) is 8.40. The second kappa shape index (κ2) is 8.45. The molecule has 0 atom stereocenters. The zero-order valence-corrected chi connectivity index (χ0v) is 9.29. The summed E-state index contributed by atoms with van der Waals surface area (Å²) in [5.74, 6) is 1.49. The fraction of sp³-hybridized carbons (Fsp3) is 1.00. The van der Waals surface area contributed by atoms with Crippen LogP contribution in [0.15, 0.2) is 0 Å². The molecule has 0 saturated carbocycles. The summed E-state index contributed by atoms with van der Waals surface area (Å²) < 4.78 is 0.